The van der Waals surface area contributed by atoms with Crippen LogP contribution in [-0.4, -0.2) is 22.6 Å². The number of carbonyl (C=O) groups is 1. The van der Waals surface area contributed by atoms with Gasteiger partial charge in [-0.25, -0.2) is 9.37 Å². The molecule has 1 aliphatic carbocycles. The fourth-order valence-electron chi connectivity index (χ4n) is 3.20. The van der Waals surface area contributed by atoms with Gasteiger partial charge >= 0.3 is 5.97 Å². The summed E-state index contributed by atoms with van der Waals surface area (Å²) >= 11 is 0. The second kappa shape index (κ2) is 5.84. The Bertz CT molecular complexity index is 645. The van der Waals surface area contributed by atoms with E-state index in [1.165, 1.54) is 19.2 Å². The molecule has 0 amide bonds. The van der Waals surface area contributed by atoms with Gasteiger partial charge in [-0.15, -0.1) is 0 Å². The number of carbonyl (C=O) groups excluding carboxylic acids is 1. The van der Waals surface area contributed by atoms with E-state index in [0.29, 0.717) is 5.92 Å². The van der Waals surface area contributed by atoms with Gasteiger partial charge in [-0.3, -0.25) is 4.79 Å². The number of esters is 1. The maximum Gasteiger partial charge on any atom is 0.308 e. The first-order valence-corrected chi connectivity index (χ1v) is 7.35. The third-order valence-electron chi connectivity index (χ3n) is 4.42. The smallest absolute Gasteiger partial charge is 0.308 e. The number of ether oxygens (including phenoxy) is 1. The lowest BCUT2D eigenvalue weighted by Gasteiger charge is -2.27. The van der Waals surface area contributed by atoms with E-state index in [1.807, 2.05) is 4.57 Å². The maximum atomic E-state index is 13.4. The monoisotopic (exact) mass is 290 g/mol. The Hall–Kier alpha value is -1.91. The summed E-state index contributed by atoms with van der Waals surface area (Å²) in [5, 5.41) is 0. The van der Waals surface area contributed by atoms with Crippen molar-refractivity contribution in [1.82, 2.24) is 9.55 Å². The van der Waals surface area contributed by atoms with E-state index >= 15 is 0 Å². The number of nitrogens with zero attached hydrogens (tertiary/aromatic N) is 2. The van der Waals surface area contributed by atoms with Crippen molar-refractivity contribution < 1.29 is 13.9 Å². The van der Waals surface area contributed by atoms with Gasteiger partial charge in [-0.05, 0) is 49.8 Å². The maximum absolute atomic E-state index is 13.4. The molecule has 4 nitrogen and oxygen atoms in total. The zero-order chi connectivity index (χ0) is 14.8. The number of hydrogen-bond acceptors (Lipinski definition) is 3. The van der Waals surface area contributed by atoms with Gasteiger partial charge in [-0.1, -0.05) is 0 Å². The van der Waals surface area contributed by atoms with Crippen LogP contribution in [0.5, 0.6) is 0 Å². The number of fused-ring (bicyclic) bond motifs is 1. The zero-order valence-corrected chi connectivity index (χ0v) is 12.1. The highest BCUT2D eigenvalue weighted by Crippen LogP contribution is 2.31. The molecule has 1 saturated carbocycles. The Morgan fingerprint density at radius 2 is 2.14 bits per heavy atom. The summed E-state index contributed by atoms with van der Waals surface area (Å²) in [7, 11) is 1.45. The highest BCUT2D eigenvalue weighted by Gasteiger charge is 2.27. The van der Waals surface area contributed by atoms with Crippen LogP contribution in [0.3, 0.4) is 0 Å². The molecule has 0 bridgehead atoms. The van der Waals surface area contributed by atoms with Crippen LogP contribution in [-0.2, 0) is 16.1 Å². The summed E-state index contributed by atoms with van der Waals surface area (Å²) in [6.07, 6.45) is 5.51. The van der Waals surface area contributed by atoms with Crippen LogP contribution in [0.4, 0.5) is 4.39 Å². The van der Waals surface area contributed by atoms with Gasteiger partial charge in [0.05, 0.1) is 30.4 Å². The lowest BCUT2D eigenvalue weighted by molar-refractivity contribution is -0.146. The zero-order valence-electron chi connectivity index (χ0n) is 12.1. The van der Waals surface area contributed by atoms with Crippen molar-refractivity contribution in [3.8, 4) is 0 Å². The van der Waals surface area contributed by atoms with E-state index in [4.69, 9.17) is 4.74 Å². The number of imidazole rings is 1. The molecule has 21 heavy (non-hydrogen) atoms. The molecule has 0 N–H and O–H groups in total. The summed E-state index contributed by atoms with van der Waals surface area (Å²) in [5.74, 6) is 0.219. The molecule has 112 valence electrons. The quantitative estimate of drug-likeness (QED) is 0.816. The molecule has 1 aliphatic rings. The fourth-order valence-corrected chi connectivity index (χ4v) is 3.20. The molecule has 0 aliphatic heterocycles. The van der Waals surface area contributed by atoms with Crippen molar-refractivity contribution >= 4 is 17.0 Å². The Morgan fingerprint density at radius 1 is 1.38 bits per heavy atom. The van der Waals surface area contributed by atoms with Crippen molar-refractivity contribution in [2.45, 2.75) is 32.2 Å². The number of halogens is 1. The van der Waals surface area contributed by atoms with Crippen LogP contribution in [0.15, 0.2) is 24.5 Å². The Kier molecular flexibility index (Phi) is 3.90. The second-order valence-corrected chi connectivity index (χ2v) is 5.77. The van der Waals surface area contributed by atoms with E-state index in [9.17, 15) is 9.18 Å². The van der Waals surface area contributed by atoms with E-state index in [-0.39, 0.29) is 17.7 Å². The van der Waals surface area contributed by atoms with Crippen molar-refractivity contribution in [3.05, 3.63) is 30.3 Å². The van der Waals surface area contributed by atoms with Gasteiger partial charge in [0.25, 0.3) is 0 Å². The van der Waals surface area contributed by atoms with Gasteiger partial charge in [-0.2, -0.15) is 0 Å². The van der Waals surface area contributed by atoms with Crippen LogP contribution >= 0.6 is 0 Å². The summed E-state index contributed by atoms with van der Waals surface area (Å²) in [6, 6.07) is 4.67. The average Bonchev–Trinajstić information content (AvgIpc) is 2.89. The van der Waals surface area contributed by atoms with Crippen molar-refractivity contribution in [2.24, 2.45) is 11.8 Å². The molecule has 0 radical (unpaired) electrons. The van der Waals surface area contributed by atoms with Crippen LogP contribution in [0.1, 0.15) is 25.7 Å². The molecule has 1 fully saturated rings. The fraction of sp³-hybridized carbons (Fsp3) is 0.500. The number of hydrogen-bond donors (Lipinski definition) is 0. The number of methoxy groups -OCH3 is 1. The predicted molar refractivity (Wildman–Crippen MR) is 77.2 cm³/mol. The molecule has 5 heteroatoms. The lowest BCUT2D eigenvalue weighted by Crippen LogP contribution is -2.24. The molecule has 0 unspecified atom stereocenters. The molecule has 3 rings (SSSR count). The van der Waals surface area contributed by atoms with Crippen LogP contribution < -0.4 is 0 Å². The largest absolute Gasteiger partial charge is 0.469 e. The Morgan fingerprint density at radius 3 is 2.86 bits per heavy atom. The molecule has 1 aromatic heterocycles. The predicted octanol–water partition coefficient (Wildman–Crippen LogP) is 3.15. The molecule has 1 heterocycles. The summed E-state index contributed by atoms with van der Waals surface area (Å²) in [4.78, 5) is 15.8. The van der Waals surface area contributed by atoms with Gasteiger partial charge < -0.3 is 9.30 Å². The van der Waals surface area contributed by atoms with E-state index in [0.717, 1.165) is 43.3 Å². The minimum absolute atomic E-state index is 0.0447. The number of aromatic nitrogens is 2. The SMILES string of the molecule is COC(=O)[C@H]1CC[C@H](Cn2cnc3ccc(F)cc32)CC1. The Labute approximate surface area is 122 Å². The minimum Gasteiger partial charge on any atom is -0.469 e. The minimum atomic E-state index is -0.237. The van der Waals surface area contributed by atoms with E-state index in [2.05, 4.69) is 4.98 Å². The van der Waals surface area contributed by atoms with Gasteiger partial charge in [0, 0.05) is 6.54 Å². The van der Waals surface area contributed by atoms with E-state index in [1.54, 1.807) is 12.4 Å². The average molecular weight is 290 g/mol. The first-order valence-electron chi connectivity index (χ1n) is 7.35. The first kappa shape index (κ1) is 14.0. The highest BCUT2D eigenvalue weighted by molar-refractivity contribution is 5.75. The molecular weight excluding hydrogens is 271 g/mol. The third kappa shape index (κ3) is 2.91. The molecule has 1 aromatic carbocycles. The summed E-state index contributed by atoms with van der Waals surface area (Å²) < 4.78 is 20.2. The van der Waals surface area contributed by atoms with Gasteiger partial charge in [0.15, 0.2) is 0 Å². The second-order valence-electron chi connectivity index (χ2n) is 5.77. The van der Waals surface area contributed by atoms with E-state index < -0.39 is 0 Å². The van der Waals surface area contributed by atoms with Crippen molar-refractivity contribution in [3.63, 3.8) is 0 Å². The van der Waals surface area contributed by atoms with Crippen LogP contribution in [0, 0.1) is 17.7 Å². The van der Waals surface area contributed by atoms with Crippen molar-refractivity contribution in [1.29, 1.82) is 0 Å². The summed E-state index contributed by atoms with van der Waals surface area (Å²) in [5.41, 5.74) is 1.66. The van der Waals surface area contributed by atoms with Gasteiger partial charge in [0.1, 0.15) is 5.82 Å². The topological polar surface area (TPSA) is 44.1 Å². The van der Waals surface area contributed by atoms with Gasteiger partial charge in [0.2, 0.25) is 0 Å². The molecular formula is C16H19FN2O2. The van der Waals surface area contributed by atoms with Crippen molar-refractivity contribution in [2.75, 3.05) is 7.11 Å². The number of benzene rings is 1. The summed E-state index contributed by atoms with van der Waals surface area (Å²) in [6.45, 7) is 0.827. The lowest BCUT2D eigenvalue weighted by atomic mass is 9.82. The molecule has 0 saturated heterocycles. The molecule has 0 spiro atoms. The standard InChI is InChI=1S/C16H19FN2O2/c1-21-16(20)12-4-2-11(3-5-12)9-19-10-18-14-7-6-13(17)8-15(14)19/h6-8,10-12H,2-5,9H2,1H3/t11-,12-. The van der Waals surface area contributed by atoms with Crippen LogP contribution in [0.2, 0.25) is 0 Å². The molecule has 2 aromatic rings. The number of rotatable bonds is 3. The third-order valence-corrected chi connectivity index (χ3v) is 4.42. The highest BCUT2D eigenvalue weighted by atomic mass is 19.1. The molecule has 0 atom stereocenters. The Balaban J connectivity index is 1.67. The van der Waals surface area contributed by atoms with Crippen LogP contribution in [0.25, 0.3) is 11.0 Å². The first-order chi connectivity index (χ1) is 10.2. The normalized spacial score (nSPS) is 22.4.